The highest BCUT2D eigenvalue weighted by Crippen LogP contribution is 2.32. The Bertz CT molecular complexity index is 969. The highest BCUT2D eigenvalue weighted by molar-refractivity contribution is 7.99. The third-order valence-electron chi connectivity index (χ3n) is 4.88. The zero-order valence-corrected chi connectivity index (χ0v) is 20.0. The molecule has 1 aromatic heterocycles. The fourth-order valence-electron chi connectivity index (χ4n) is 3.41. The van der Waals surface area contributed by atoms with Crippen LogP contribution in [0, 0.1) is 13.8 Å². The molecule has 6 heteroatoms. The van der Waals surface area contributed by atoms with Gasteiger partial charge in [-0.2, -0.15) is 0 Å². The number of benzene rings is 2. The van der Waals surface area contributed by atoms with Crippen molar-refractivity contribution in [2.24, 2.45) is 0 Å². The van der Waals surface area contributed by atoms with Crippen LogP contribution in [0.15, 0.2) is 47.4 Å². The number of carbonyl (C=O) groups excluding carboxylic acids is 1. The first-order valence-electron chi connectivity index (χ1n) is 10.4. The molecule has 0 atom stereocenters. The molecule has 1 heterocycles. The van der Waals surface area contributed by atoms with E-state index in [2.05, 4.69) is 69.2 Å². The predicted molar refractivity (Wildman–Crippen MR) is 131 cm³/mol. The standard InChI is InChI=1S/C24H31N3OS2/c1-18-16-19(2)23-21(17-18)30-24(25-23)27(14-9-13-26(3)4)22(28)12-8-15-29-20-10-6-5-7-11-20/h5-7,10-11,16-17H,8-9,12-15H2,1-4H3. The number of nitrogens with zero attached hydrogens (tertiary/aromatic N) is 3. The van der Waals surface area contributed by atoms with E-state index in [-0.39, 0.29) is 5.91 Å². The Morgan fingerprint density at radius 3 is 2.57 bits per heavy atom. The number of hydrogen-bond donors (Lipinski definition) is 0. The molecule has 0 aliphatic heterocycles. The number of thiazole rings is 1. The van der Waals surface area contributed by atoms with Crippen LogP contribution < -0.4 is 4.90 Å². The van der Waals surface area contributed by atoms with Crippen molar-refractivity contribution in [3.05, 3.63) is 53.6 Å². The Hall–Kier alpha value is -1.89. The summed E-state index contributed by atoms with van der Waals surface area (Å²) in [6.45, 7) is 5.87. The van der Waals surface area contributed by atoms with Gasteiger partial charge in [0.15, 0.2) is 5.13 Å². The Kier molecular flexibility index (Phi) is 8.31. The van der Waals surface area contributed by atoms with Gasteiger partial charge in [-0.15, -0.1) is 11.8 Å². The number of fused-ring (bicyclic) bond motifs is 1. The van der Waals surface area contributed by atoms with Crippen molar-refractivity contribution >= 4 is 44.4 Å². The fourth-order valence-corrected chi connectivity index (χ4v) is 5.47. The van der Waals surface area contributed by atoms with E-state index in [9.17, 15) is 4.79 Å². The van der Waals surface area contributed by atoms with E-state index in [0.717, 1.165) is 40.5 Å². The van der Waals surface area contributed by atoms with E-state index in [1.807, 2.05) is 22.7 Å². The normalized spacial score (nSPS) is 11.4. The molecule has 3 aromatic rings. The molecule has 4 nitrogen and oxygen atoms in total. The monoisotopic (exact) mass is 441 g/mol. The smallest absolute Gasteiger partial charge is 0.228 e. The lowest BCUT2D eigenvalue weighted by Crippen LogP contribution is -2.33. The molecule has 0 N–H and O–H groups in total. The summed E-state index contributed by atoms with van der Waals surface area (Å²) in [5.74, 6) is 1.12. The van der Waals surface area contributed by atoms with Crippen molar-refractivity contribution in [2.75, 3.05) is 37.8 Å². The first-order chi connectivity index (χ1) is 14.4. The van der Waals surface area contributed by atoms with Gasteiger partial charge in [0, 0.05) is 17.9 Å². The number of anilines is 1. The van der Waals surface area contributed by atoms with Gasteiger partial charge in [0.2, 0.25) is 5.91 Å². The van der Waals surface area contributed by atoms with Crippen LogP contribution in [0.5, 0.6) is 0 Å². The molecule has 2 aromatic carbocycles. The molecule has 0 bridgehead atoms. The molecule has 0 radical (unpaired) electrons. The number of aromatic nitrogens is 1. The zero-order valence-electron chi connectivity index (χ0n) is 18.4. The molecule has 30 heavy (non-hydrogen) atoms. The minimum absolute atomic E-state index is 0.177. The van der Waals surface area contributed by atoms with Crippen LogP contribution in [0.4, 0.5) is 5.13 Å². The van der Waals surface area contributed by atoms with Gasteiger partial charge in [0.05, 0.1) is 10.2 Å². The molecule has 1 amide bonds. The van der Waals surface area contributed by atoms with E-state index >= 15 is 0 Å². The Labute approximate surface area is 188 Å². The Balaban J connectivity index is 1.68. The molecule has 0 aliphatic rings. The van der Waals surface area contributed by atoms with Crippen molar-refractivity contribution < 1.29 is 4.79 Å². The zero-order chi connectivity index (χ0) is 21.5. The van der Waals surface area contributed by atoms with Crippen LogP contribution in [0.2, 0.25) is 0 Å². The predicted octanol–water partition coefficient (Wildman–Crippen LogP) is 5.77. The molecule has 0 saturated carbocycles. The van der Waals surface area contributed by atoms with Crippen LogP contribution in [0.1, 0.15) is 30.4 Å². The molecule has 0 aliphatic carbocycles. The summed E-state index contributed by atoms with van der Waals surface area (Å²) in [6.07, 6.45) is 2.35. The summed E-state index contributed by atoms with van der Waals surface area (Å²) in [5.41, 5.74) is 3.43. The lowest BCUT2D eigenvalue weighted by Gasteiger charge is -2.21. The third kappa shape index (κ3) is 6.30. The summed E-state index contributed by atoms with van der Waals surface area (Å²) >= 11 is 3.44. The van der Waals surface area contributed by atoms with Gasteiger partial charge in [-0.1, -0.05) is 35.6 Å². The maximum atomic E-state index is 13.1. The molecule has 0 unspecified atom stereocenters. The van der Waals surface area contributed by atoms with E-state index < -0.39 is 0 Å². The maximum Gasteiger partial charge on any atom is 0.228 e. The average Bonchev–Trinajstić information content (AvgIpc) is 3.13. The Morgan fingerprint density at radius 2 is 1.83 bits per heavy atom. The summed E-state index contributed by atoms with van der Waals surface area (Å²) in [4.78, 5) is 23.3. The highest BCUT2D eigenvalue weighted by Gasteiger charge is 2.20. The van der Waals surface area contributed by atoms with Crippen molar-refractivity contribution in [1.82, 2.24) is 9.88 Å². The van der Waals surface area contributed by atoms with E-state index in [1.54, 1.807) is 11.3 Å². The van der Waals surface area contributed by atoms with Crippen LogP contribution >= 0.6 is 23.1 Å². The SMILES string of the molecule is Cc1cc(C)c2nc(N(CCCN(C)C)C(=O)CCCSc3ccccc3)sc2c1. The van der Waals surface area contributed by atoms with Gasteiger partial charge in [-0.3, -0.25) is 9.69 Å². The van der Waals surface area contributed by atoms with Gasteiger partial charge in [0.1, 0.15) is 0 Å². The molecular weight excluding hydrogens is 410 g/mol. The molecule has 160 valence electrons. The molecule has 0 saturated heterocycles. The van der Waals surface area contributed by atoms with E-state index in [0.29, 0.717) is 13.0 Å². The number of rotatable bonds is 10. The lowest BCUT2D eigenvalue weighted by atomic mass is 10.1. The van der Waals surface area contributed by atoms with Crippen molar-refractivity contribution in [2.45, 2.75) is 38.0 Å². The topological polar surface area (TPSA) is 36.4 Å². The highest BCUT2D eigenvalue weighted by atomic mass is 32.2. The van der Waals surface area contributed by atoms with Crippen molar-refractivity contribution in [1.29, 1.82) is 0 Å². The largest absolute Gasteiger partial charge is 0.309 e. The quantitative estimate of drug-likeness (QED) is 0.296. The van der Waals surface area contributed by atoms with Crippen LogP contribution in [0.3, 0.4) is 0 Å². The third-order valence-corrected chi connectivity index (χ3v) is 7.01. The van der Waals surface area contributed by atoms with Crippen LogP contribution in [0.25, 0.3) is 10.2 Å². The summed E-state index contributed by atoms with van der Waals surface area (Å²) in [6, 6.07) is 14.7. The molecule has 0 fully saturated rings. The van der Waals surface area contributed by atoms with Gasteiger partial charge < -0.3 is 4.90 Å². The minimum atomic E-state index is 0.177. The van der Waals surface area contributed by atoms with Gasteiger partial charge >= 0.3 is 0 Å². The van der Waals surface area contributed by atoms with Crippen LogP contribution in [-0.4, -0.2) is 48.7 Å². The number of hydrogen-bond acceptors (Lipinski definition) is 5. The summed E-state index contributed by atoms with van der Waals surface area (Å²) in [7, 11) is 4.13. The molecular formula is C24H31N3OS2. The van der Waals surface area contributed by atoms with Gasteiger partial charge in [-0.25, -0.2) is 4.98 Å². The fraction of sp³-hybridized carbons (Fsp3) is 0.417. The summed E-state index contributed by atoms with van der Waals surface area (Å²) < 4.78 is 1.16. The number of carbonyl (C=O) groups is 1. The number of aryl methyl sites for hydroxylation is 2. The van der Waals surface area contributed by atoms with Crippen molar-refractivity contribution in [3.8, 4) is 0 Å². The Morgan fingerprint density at radius 1 is 1.07 bits per heavy atom. The minimum Gasteiger partial charge on any atom is -0.309 e. The van der Waals surface area contributed by atoms with E-state index in [1.165, 1.54) is 16.0 Å². The number of thioether (sulfide) groups is 1. The molecule has 3 rings (SSSR count). The molecule has 0 spiro atoms. The second-order valence-electron chi connectivity index (χ2n) is 7.89. The lowest BCUT2D eigenvalue weighted by molar-refractivity contribution is -0.118. The van der Waals surface area contributed by atoms with E-state index in [4.69, 9.17) is 4.98 Å². The first-order valence-corrected chi connectivity index (χ1v) is 12.2. The van der Waals surface area contributed by atoms with Gasteiger partial charge in [0.25, 0.3) is 0 Å². The maximum absolute atomic E-state index is 13.1. The average molecular weight is 442 g/mol. The summed E-state index contributed by atoms with van der Waals surface area (Å²) in [5, 5.41) is 0.832. The van der Waals surface area contributed by atoms with Gasteiger partial charge in [-0.05, 0) is 82.4 Å². The second kappa shape index (κ2) is 10.9. The van der Waals surface area contributed by atoms with Crippen molar-refractivity contribution in [3.63, 3.8) is 0 Å². The number of amides is 1. The van der Waals surface area contributed by atoms with Crippen LogP contribution in [-0.2, 0) is 4.79 Å². The first kappa shape index (κ1) is 22.8. The second-order valence-corrected chi connectivity index (χ2v) is 10.1.